The van der Waals surface area contributed by atoms with Crippen LogP contribution in [0.5, 0.6) is 11.5 Å². The second-order valence-corrected chi connectivity index (χ2v) is 7.36. The van der Waals surface area contributed by atoms with Crippen molar-refractivity contribution in [3.8, 4) is 11.5 Å². The topological polar surface area (TPSA) is 67.9 Å². The van der Waals surface area contributed by atoms with Crippen LogP contribution in [0.4, 0.5) is 0 Å². The van der Waals surface area contributed by atoms with Crippen molar-refractivity contribution in [1.29, 1.82) is 0 Å². The highest BCUT2D eigenvalue weighted by Gasteiger charge is 2.26. The van der Waals surface area contributed by atoms with E-state index in [0.717, 1.165) is 24.0 Å². The molecule has 1 saturated heterocycles. The van der Waals surface area contributed by atoms with Crippen LogP contribution in [0.2, 0.25) is 0 Å². The number of rotatable bonds is 5. The van der Waals surface area contributed by atoms with Gasteiger partial charge in [-0.15, -0.1) is 0 Å². The largest absolute Gasteiger partial charge is 0.496 e. The minimum absolute atomic E-state index is 0.0507. The number of methoxy groups -OCH3 is 2. The molecule has 0 saturated carbocycles. The van der Waals surface area contributed by atoms with Crippen molar-refractivity contribution in [2.45, 2.75) is 32.7 Å². The molecule has 0 bridgehead atoms. The Labute approximate surface area is 171 Å². The summed E-state index contributed by atoms with van der Waals surface area (Å²) in [6, 6.07) is 11.1. The van der Waals surface area contributed by atoms with Gasteiger partial charge < -0.3 is 19.7 Å². The van der Waals surface area contributed by atoms with Crippen molar-refractivity contribution in [1.82, 2.24) is 10.2 Å². The molecule has 0 spiro atoms. The molecule has 29 heavy (non-hydrogen) atoms. The molecule has 1 aliphatic heterocycles. The molecular weight excluding hydrogens is 368 g/mol. The van der Waals surface area contributed by atoms with E-state index in [9.17, 15) is 9.59 Å². The van der Waals surface area contributed by atoms with E-state index in [1.54, 1.807) is 26.4 Å². The van der Waals surface area contributed by atoms with E-state index in [2.05, 4.69) is 5.32 Å². The average molecular weight is 396 g/mol. The molecule has 1 aliphatic rings. The predicted molar refractivity (Wildman–Crippen MR) is 112 cm³/mol. The van der Waals surface area contributed by atoms with Gasteiger partial charge in [0.25, 0.3) is 11.8 Å². The quantitative estimate of drug-likeness (QED) is 0.842. The Morgan fingerprint density at radius 3 is 2.14 bits per heavy atom. The number of piperidine rings is 1. The first-order chi connectivity index (χ1) is 13.9. The molecule has 0 radical (unpaired) electrons. The molecule has 2 aromatic rings. The molecule has 6 nitrogen and oxygen atoms in total. The molecule has 1 heterocycles. The molecular formula is C23H28N2O4. The third-order valence-corrected chi connectivity index (χ3v) is 5.51. The van der Waals surface area contributed by atoms with Gasteiger partial charge in [0, 0.05) is 35.8 Å². The maximum absolute atomic E-state index is 13.0. The normalized spacial score (nSPS) is 14.4. The Hall–Kier alpha value is -3.02. The molecule has 154 valence electrons. The Morgan fingerprint density at radius 1 is 1.00 bits per heavy atom. The van der Waals surface area contributed by atoms with Crippen molar-refractivity contribution in [2.75, 3.05) is 27.3 Å². The van der Waals surface area contributed by atoms with Gasteiger partial charge in [-0.05, 0) is 50.5 Å². The van der Waals surface area contributed by atoms with Gasteiger partial charge in [-0.2, -0.15) is 0 Å². The van der Waals surface area contributed by atoms with Crippen LogP contribution >= 0.6 is 0 Å². The number of amides is 2. The fourth-order valence-corrected chi connectivity index (χ4v) is 3.71. The van der Waals surface area contributed by atoms with Gasteiger partial charge in [-0.25, -0.2) is 0 Å². The summed E-state index contributed by atoms with van der Waals surface area (Å²) in [5, 5.41) is 3.10. The number of nitrogens with one attached hydrogen (secondary N) is 1. The fraction of sp³-hybridized carbons (Fsp3) is 0.391. The summed E-state index contributed by atoms with van der Waals surface area (Å²) in [7, 11) is 3.16. The van der Waals surface area contributed by atoms with Crippen molar-refractivity contribution < 1.29 is 19.1 Å². The zero-order chi connectivity index (χ0) is 21.0. The molecule has 6 heteroatoms. The minimum Gasteiger partial charge on any atom is -0.496 e. The highest BCUT2D eigenvalue weighted by Crippen LogP contribution is 2.30. The Kier molecular flexibility index (Phi) is 6.42. The lowest BCUT2D eigenvalue weighted by molar-refractivity contribution is 0.0697. The lowest BCUT2D eigenvalue weighted by Gasteiger charge is -2.32. The van der Waals surface area contributed by atoms with Crippen LogP contribution in [0, 0.1) is 13.8 Å². The maximum Gasteiger partial charge on any atom is 0.254 e. The second kappa shape index (κ2) is 8.99. The van der Waals surface area contributed by atoms with Crippen LogP contribution in [-0.2, 0) is 0 Å². The van der Waals surface area contributed by atoms with E-state index in [1.165, 1.54) is 0 Å². The highest BCUT2D eigenvalue weighted by molar-refractivity contribution is 5.96. The molecule has 1 N–H and O–H groups in total. The monoisotopic (exact) mass is 396 g/mol. The lowest BCUT2D eigenvalue weighted by Crippen LogP contribution is -2.46. The van der Waals surface area contributed by atoms with Crippen molar-refractivity contribution in [3.63, 3.8) is 0 Å². The Bertz CT molecular complexity index is 876. The van der Waals surface area contributed by atoms with Crippen molar-refractivity contribution in [3.05, 3.63) is 58.7 Å². The summed E-state index contributed by atoms with van der Waals surface area (Å²) in [6.07, 6.45) is 1.45. The third kappa shape index (κ3) is 4.53. The van der Waals surface area contributed by atoms with E-state index < -0.39 is 0 Å². The SMILES string of the molecule is COc1cc(C(=O)N2CCC(NC(=O)c3ccccc3C)CC2)cc(OC)c1C. The van der Waals surface area contributed by atoms with Gasteiger partial charge in [0.2, 0.25) is 0 Å². The fourth-order valence-electron chi connectivity index (χ4n) is 3.71. The van der Waals surface area contributed by atoms with Gasteiger partial charge in [0.05, 0.1) is 14.2 Å². The molecule has 0 aromatic heterocycles. The standard InChI is InChI=1S/C23H28N2O4/c1-15-7-5-6-8-19(15)22(26)24-18-9-11-25(12-10-18)23(27)17-13-20(28-3)16(2)21(14-17)29-4/h5-8,13-14,18H,9-12H2,1-4H3,(H,24,26). The summed E-state index contributed by atoms with van der Waals surface area (Å²) in [4.78, 5) is 27.3. The van der Waals surface area contributed by atoms with E-state index in [0.29, 0.717) is 35.7 Å². The highest BCUT2D eigenvalue weighted by atomic mass is 16.5. The summed E-state index contributed by atoms with van der Waals surface area (Å²) >= 11 is 0. The van der Waals surface area contributed by atoms with Crippen LogP contribution in [-0.4, -0.2) is 50.1 Å². The molecule has 2 aromatic carbocycles. The number of nitrogens with zero attached hydrogens (tertiary/aromatic N) is 1. The average Bonchev–Trinajstić information content (AvgIpc) is 2.74. The smallest absolute Gasteiger partial charge is 0.254 e. The van der Waals surface area contributed by atoms with E-state index in [4.69, 9.17) is 9.47 Å². The summed E-state index contributed by atoms with van der Waals surface area (Å²) in [5.41, 5.74) is 3.07. The van der Waals surface area contributed by atoms with Crippen LogP contribution < -0.4 is 14.8 Å². The summed E-state index contributed by atoms with van der Waals surface area (Å²) < 4.78 is 10.8. The third-order valence-electron chi connectivity index (χ3n) is 5.51. The summed E-state index contributed by atoms with van der Waals surface area (Å²) in [6.45, 7) is 5.01. The van der Waals surface area contributed by atoms with E-state index >= 15 is 0 Å². The minimum atomic E-state index is -0.0547. The van der Waals surface area contributed by atoms with E-state index in [1.807, 2.05) is 43.0 Å². The number of carbonyl (C=O) groups is 2. The first-order valence-electron chi connectivity index (χ1n) is 9.83. The maximum atomic E-state index is 13.0. The molecule has 2 amide bonds. The van der Waals surface area contributed by atoms with Crippen LogP contribution in [0.3, 0.4) is 0 Å². The van der Waals surface area contributed by atoms with Gasteiger partial charge >= 0.3 is 0 Å². The molecule has 1 fully saturated rings. The van der Waals surface area contributed by atoms with E-state index in [-0.39, 0.29) is 17.9 Å². The lowest BCUT2D eigenvalue weighted by atomic mass is 10.0. The first-order valence-corrected chi connectivity index (χ1v) is 9.83. The molecule has 0 aliphatic carbocycles. The van der Waals surface area contributed by atoms with Crippen LogP contribution in [0.15, 0.2) is 36.4 Å². The Morgan fingerprint density at radius 2 is 1.59 bits per heavy atom. The van der Waals surface area contributed by atoms with Crippen LogP contribution in [0.25, 0.3) is 0 Å². The second-order valence-electron chi connectivity index (χ2n) is 7.36. The van der Waals surface area contributed by atoms with Gasteiger partial charge in [-0.3, -0.25) is 9.59 Å². The zero-order valence-corrected chi connectivity index (χ0v) is 17.5. The number of hydrogen-bond donors (Lipinski definition) is 1. The number of ether oxygens (including phenoxy) is 2. The predicted octanol–water partition coefficient (Wildman–Crippen LogP) is 3.36. The number of aryl methyl sites for hydroxylation is 1. The van der Waals surface area contributed by atoms with Crippen molar-refractivity contribution >= 4 is 11.8 Å². The van der Waals surface area contributed by atoms with Crippen LogP contribution in [0.1, 0.15) is 44.7 Å². The molecule has 0 unspecified atom stereocenters. The summed E-state index contributed by atoms with van der Waals surface area (Å²) in [5.74, 6) is 1.16. The van der Waals surface area contributed by atoms with Gasteiger partial charge in [-0.1, -0.05) is 18.2 Å². The molecule has 0 atom stereocenters. The molecule has 3 rings (SSSR count). The van der Waals surface area contributed by atoms with Crippen molar-refractivity contribution in [2.24, 2.45) is 0 Å². The van der Waals surface area contributed by atoms with Gasteiger partial charge in [0.15, 0.2) is 0 Å². The number of carbonyl (C=O) groups excluding carboxylic acids is 2. The number of hydrogen-bond acceptors (Lipinski definition) is 4. The first kappa shape index (κ1) is 20.7. The van der Waals surface area contributed by atoms with Gasteiger partial charge in [0.1, 0.15) is 11.5 Å². The Balaban J connectivity index is 1.63. The number of benzene rings is 2. The number of likely N-dealkylation sites (tertiary alicyclic amines) is 1. The zero-order valence-electron chi connectivity index (χ0n) is 17.5.